The molecule has 0 amide bonds. The minimum absolute atomic E-state index is 0.709. The van der Waals surface area contributed by atoms with Gasteiger partial charge in [0, 0.05) is 0 Å². The Kier molecular flexibility index (Phi) is 2.31. The molecule has 0 aromatic rings. The van der Waals surface area contributed by atoms with Gasteiger partial charge in [-0.3, -0.25) is 0 Å². The number of hydrogen-bond donors (Lipinski definition) is 0. The average Bonchev–Trinajstić information content (AvgIpc) is 1.88. The molecule has 0 atom stereocenters. The number of hydrogen-bond acceptors (Lipinski definition) is 0. The smallest absolute Gasteiger partial charge is 0.0196 e. The lowest BCUT2D eigenvalue weighted by atomic mass is 9.92. The summed E-state index contributed by atoms with van der Waals surface area (Å²) in [5, 5.41) is 0. The predicted molar refractivity (Wildman–Crippen MR) is 44.6 cm³/mol. The van der Waals surface area contributed by atoms with E-state index < -0.39 is 0 Å². The van der Waals surface area contributed by atoms with Crippen molar-refractivity contribution < 1.29 is 0 Å². The fraction of sp³-hybridized carbons (Fsp3) is 0.600. The van der Waals surface area contributed by atoms with E-state index in [1.165, 1.54) is 18.4 Å². The van der Waals surface area contributed by atoms with Gasteiger partial charge in [0.15, 0.2) is 0 Å². The van der Waals surface area contributed by atoms with Crippen LogP contribution in [0.2, 0.25) is 0 Å². The molecule has 0 bridgehead atoms. The van der Waals surface area contributed by atoms with Gasteiger partial charge in [-0.05, 0) is 31.8 Å². The van der Waals surface area contributed by atoms with Crippen molar-refractivity contribution in [2.24, 2.45) is 5.92 Å². The van der Waals surface area contributed by atoms with Crippen LogP contribution in [0.3, 0.4) is 0 Å². The van der Waals surface area contributed by atoms with Crippen LogP contribution in [0.5, 0.6) is 0 Å². The largest absolute Gasteiger partial charge is 0.0667 e. The molecule has 0 heteroatoms. The molecule has 1 radical (unpaired) electrons. The third-order valence-electron chi connectivity index (χ3n) is 2.03. The van der Waals surface area contributed by atoms with E-state index in [9.17, 15) is 0 Å². The zero-order valence-corrected chi connectivity index (χ0v) is 7.07. The van der Waals surface area contributed by atoms with Gasteiger partial charge in [-0.1, -0.05) is 31.1 Å². The maximum absolute atomic E-state index is 3.27. The lowest BCUT2D eigenvalue weighted by Gasteiger charge is -2.14. The zero-order chi connectivity index (χ0) is 7.56. The van der Waals surface area contributed by atoms with E-state index in [1.54, 1.807) is 5.57 Å². The molecule has 1 rings (SSSR count). The van der Waals surface area contributed by atoms with Crippen molar-refractivity contribution in [2.75, 3.05) is 0 Å². The van der Waals surface area contributed by atoms with Gasteiger partial charge >= 0.3 is 0 Å². The highest BCUT2D eigenvalue weighted by atomic mass is 14.1. The van der Waals surface area contributed by atoms with Crippen molar-refractivity contribution in [1.29, 1.82) is 0 Å². The fourth-order valence-electron chi connectivity index (χ4n) is 1.15. The number of rotatable bonds is 1. The van der Waals surface area contributed by atoms with Crippen molar-refractivity contribution in [2.45, 2.75) is 33.6 Å². The summed E-state index contributed by atoms with van der Waals surface area (Å²) in [6.07, 6.45) is 7.88. The quantitative estimate of drug-likeness (QED) is 0.518. The predicted octanol–water partition coefficient (Wildman–Crippen LogP) is 3.11. The SMILES string of the molecule is CC1=[C]C=C(C(C)C)CC1. The fourth-order valence-corrected chi connectivity index (χ4v) is 1.15. The first kappa shape index (κ1) is 7.59. The molecule has 1 aliphatic carbocycles. The van der Waals surface area contributed by atoms with Gasteiger partial charge in [-0.25, -0.2) is 0 Å². The minimum Gasteiger partial charge on any atom is -0.0667 e. The van der Waals surface area contributed by atoms with E-state index in [0.29, 0.717) is 5.92 Å². The topological polar surface area (TPSA) is 0 Å². The molecule has 0 heterocycles. The van der Waals surface area contributed by atoms with Crippen LogP contribution in [0.4, 0.5) is 0 Å². The maximum atomic E-state index is 3.27. The highest BCUT2D eigenvalue weighted by molar-refractivity contribution is 5.19. The molecule has 1 aliphatic rings. The van der Waals surface area contributed by atoms with E-state index in [1.807, 2.05) is 0 Å². The van der Waals surface area contributed by atoms with E-state index >= 15 is 0 Å². The highest BCUT2D eigenvalue weighted by Gasteiger charge is 2.05. The van der Waals surface area contributed by atoms with Crippen molar-refractivity contribution in [3.8, 4) is 0 Å². The lowest BCUT2D eigenvalue weighted by Crippen LogP contribution is -1.98. The highest BCUT2D eigenvalue weighted by Crippen LogP contribution is 2.22. The molecule has 0 N–H and O–H groups in total. The van der Waals surface area contributed by atoms with Gasteiger partial charge in [-0.2, -0.15) is 0 Å². The molecule has 0 aromatic heterocycles. The third-order valence-corrected chi connectivity index (χ3v) is 2.03. The Morgan fingerprint density at radius 2 is 2.10 bits per heavy atom. The summed E-state index contributed by atoms with van der Waals surface area (Å²) in [5.41, 5.74) is 2.94. The van der Waals surface area contributed by atoms with E-state index in [-0.39, 0.29) is 0 Å². The number of allylic oxidation sites excluding steroid dienone is 4. The van der Waals surface area contributed by atoms with Crippen LogP contribution in [-0.4, -0.2) is 0 Å². The molecule has 10 heavy (non-hydrogen) atoms. The van der Waals surface area contributed by atoms with Crippen molar-refractivity contribution in [1.82, 2.24) is 0 Å². The first-order valence-corrected chi connectivity index (χ1v) is 3.98. The van der Waals surface area contributed by atoms with Crippen LogP contribution in [-0.2, 0) is 0 Å². The summed E-state index contributed by atoms with van der Waals surface area (Å²) in [5.74, 6) is 0.709. The van der Waals surface area contributed by atoms with Crippen LogP contribution >= 0.6 is 0 Å². The van der Waals surface area contributed by atoms with Gasteiger partial charge in [0.2, 0.25) is 0 Å². The molecule has 55 valence electrons. The Balaban J connectivity index is 2.64. The molecule has 0 nitrogen and oxygen atoms in total. The summed E-state index contributed by atoms with van der Waals surface area (Å²) in [4.78, 5) is 0. The Hall–Kier alpha value is -0.520. The standard InChI is InChI=1S/C10H15/c1-8(2)10-6-4-9(3)5-7-10/h7-8H,4,6H2,1-3H3. The van der Waals surface area contributed by atoms with Crippen LogP contribution in [0.15, 0.2) is 17.2 Å². The first-order chi connectivity index (χ1) is 4.70. The average molecular weight is 135 g/mol. The minimum atomic E-state index is 0.709. The summed E-state index contributed by atoms with van der Waals surface area (Å²) in [6, 6.07) is 0. The molecule has 0 aliphatic heterocycles. The van der Waals surface area contributed by atoms with Crippen LogP contribution in [0.1, 0.15) is 33.6 Å². The van der Waals surface area contributed by atoms with Gasteiger partial charge in [0.25, 0.3) is 0 Å². The normalized spacial score (nSPS) is 18.8. The molecule has 0 spiro atoms. The first-order valence-electron chi connectivity index (χ1n) is 3.98. The summed E-state index contributed by atoms with van der Waals surface area (Å²) < 4.78 is 0. The van der Waals surface area contributed by atoms with Crippen molar-refractivity contribution in [3.05, 3.63) is 23.3 Å². The van der Waals surface area contributed by atoms with Gasteiger partial charge in [0.05, 0.1) is 0 Å². The maximum Gasteiger partial charge on any atom is -0.0196 e. The molecular weight excluding hydrogens is 120 g/mol. The van der Waals surface area contributed by atoms with Crippen LogP contribution in [0.25, 0.3) is 0 Å². The Morgan fingerprint density at radius 1 is 1.40 bits per heavy atom. The van der Waals surface area contributed by atoms with Crippen LogP contribution in [0, 0.1) is 12.0 Å². The third kappa shape index (κ3) is 1.73. The lowest BCUT2D eigenvalue weighted by molar-refractivity contribution is 0.698. The van der Waals surface area contributed by atoms with E-state index in [2.05, 4.69) is 32.9 Å². The Bertz CT molecular complexity index is 170. The molecule has 0 fully saturated rings. The van der Waals surface area contributed by atoms with E-state index in [4.69, 9.17) is 0 Å². The van der Waals surface area contributed by atoms with Crippen molar-refractivity contribution >= 4 is 0 Å². The summed E-state index contributed by atoms with van der Waals surface area (Å²) in [7, 11) is 0. The molecule has 0 aromatic carbocycles. The van der Waals surface area contributed by atoms with Crippen LogP contribution < -0.4 is 0 Å². The Labute approximate surface area is 63.6 Å². The summed E-state index contributed by atoms with van der Waals surface area (Å²) >= 11 is 0. The van der Waals surface area contributed by atoms with Gasteiger partial charge in [-0.15, -0.1) is 0 Å². The molecule has 0 unspecified atom stereocenters. The monoisotopic (exact) mass is 135 g/mol. The summed E-state index contributed by atoms with van der Waals surface area (Å²) in [6.45, 7) is 6.63. The van der Waals surface area contributed by atoms with Gasteiger partial charge in [0.1, 0.15) is 0 Å². The second-order valence-electron chi connectivity index (χ2n) is 3.30. The Morgan fingerprint density at radius 3 is 2.50 bits per heavy atom. The second-order valence-corrected chi connectivity index (χ2v) is 3.30. The second kappa shape index (κ2) is 3.05. The zero-order valence-electron chi connectivity index (χ0n) is 7.07. The molecule has 0 saturated carbocycles. The van der Waals surface area contributed by atoms with E-state index in [0.717, 1.165) is 0 Å². The van der Waals surface area contributed by atoms with Gasteiger partial charge < -0.3 is 0 Å². The molecule has 0 saturated heterocycles. The molecular formula is C10H15. The van der Waals surface area contributed by atoms with Crippen molar-refractivity contribution in [3.63, 3.8) is 0 Å².